The summed E-state index contributed by atoms with van der Waals surface area (Å²) in [6, 6.07) is 8.54. The van der Waals surface area contributed by atoms with Crippen LogP contribution in [0, 0.1) is 16.7 Å². The Morgan fingerprint density at radius 3 is 2.44 bits per heavy atom. The summed E-state index contributed by atoms with van der Waals surface area (Å²) in [4.78, 5) is 34.3. The van der Waals surface area contributed by atoms with Crippen LogP contribution in [0.4, 0.5) is 5.69 Å². The van der Waals surface area contributed by atoms with Gasteiger partial charge in [-0.3, -0.25) is 9.36 Å². The summed E-state index contributed by atoms with van der Waals surface area (Å²) < 4.78 is 1.64. The van der Waals surface area contributed by atoms with Gasteiger partial charge in [0.05, 0.1) is 34.1 Å². The fourth-order valence-electron chi connectivity index (χ4n) is 5.88. The fraction of sp³-hybridized carbons (Fsp3) is 0.423. The molecule has 0 saturated heterocycles. The smallest absolute Gasteiger partial charge is 0.356 e. The van der Waals surface area contributed by atoms with Gasteiger partial charge >= 0.3 is 5.97 Å². The monoisotopic (exact) mass is 525 g/mol. The third kappa shape index (κ3) is 3.91. The van der Waals surface area contributed by atoms with E-state index in [2.05, 4.69) is 16.4 Å². The van der Waals surface area contributed by atoms with Crippen LogP contribution in [0.1, 0.15) is 73.4 Å². The second kappa shape index (κ2) is 8.75. The van der Waals surface area contributed by atoms with Crippen LogP contribution in [-0.2, 0) is 12.5 Å². The number of fused-ring (bicyclic) bond motifs is 4. The molecule has 186 valence electrons. The van der Waals surface area contributed by atoms with E-state index in [1.165, 1.54) is 6.07 Å². The maximum absolute atomic E-state index is 13.5. The first-order valence-electron chi connectivity index (χ1n) is 11.9. The van der Waals surface area contributed by atoms with Crippen molar-refractivity contribution in [3.05, 3.63) is 61.9 Å². The van der Waals surface area contributed by atoms with Gasteiger partial charge in [0.25, 0.3) is 5.56 Å². The molecule has 10 heteroatoms. The molecule has 1 atom stereocenters. The number of aromatic nitrogens is 3. The van der Waals surface area contributed by atoms with E-state index in [0.717, 1.165) is 44.3 Å². The summed E-state index contributed by atoms with van der Waals surface area (Å²) >= 11 is 12.3. The molecule has 3 fully saturated rings. The van der Waals surface area contributed by atoms with Crippen molar-refractivity contribution >= 4 is 45.8 Å². The highest BCUT2D eigenvalue weighted by Gasteiger charge is 2.51. The number of aromatic carboxylic acids is 1. The molecule has 2 N–H and O–H groups in total. The number of nitrogens with one attached hydrogen (secondary N) is 1. The first-order chi connectivity index (χ1) is 17.1. The molecule has 0 unspecified atom stereocenters. The number of carboxylic acid groups (broad SMARTS) is 1. The maximum atomic E-state index is 13.5. The van der Waals surface area contributed by atoms with Crippen molar-refractivity contribution in [2.75, 3.05) is 5.32 Å². The Kier molecular flexibility index (Phi) is 5.97. The summed E-state index contributed by atoms with van der Waals surface area (Å²) in [5, 5.41) is 23.3. The van der Waals surface area contributed by atoms with Gasteiger partial charge in [0.15, 0.2) is 5.69 Å². The highest BCUT2D eigenvalue weighted by molar-refractivity contribution is 6.31. The van der Waals surface area contributed by atoms with Gasteiger partial charge in [-0.15, -0.1) is 0 Å². The zero-order valence-electron chi connectivity index (χ0n) is 19.9. The van der Waals surface area contributed by atoms with Gasteiger partial charge in [0.1, 0.15) is 11.0 Å². The van der Waals surface area contributed by atoms with Crippen LogP contribution in [0.5, 0.6) is 0 Å². The number of halogens is 2. The lowest BCUT2D eigenvalue weighted by atomic mass is 9.54. The first-order valence-corrected chi connectivity index (χ1v) is 12.6. The topological polar surface area (TPSA) is 121 Å². The number of nitriles is 1. The molecule has 3 saturated carbocycles. The van der Waals surface area contributed by atoms with Gasteiger partial charge in [-0.1, -0.05) is 23.2 Å². The molecular weight excluding hydrogens is 501 g/mol. The van der Waals surface area contributed by atoms with Crippen LogP contribution in [0.15, 0.2) is 29.1 Å². The molecule has 2 aromatic heterocycles. The predicted octanol–water partition coefficient (Wildman–Crippen LogP) is 5.62. The second-order valence-electron chi connectivity index (χ2n) is 10.1. The number of hydrogen-bond acceptors (Lipinski definition) is 6. The molecule has 2 heterocycles. The number of anilines is 1. The molecule has 1 aromatic carbocycles. The average Bonchev–Trinajstić information content (AvgIpc) is 2.88. The summed E-state index contributed by atoms with van der Waals surface area (Å²) in [7, 11) is 1.75. The molecule has 3 aliphatic carbocycles. The standard InChI is InChI=1S/C26H25Cl2N5O3/c1-14(30-18-3-4-19(28)31-21(18)23(35)36)16-11-15(27)12-17-20(16)32-24(33(2)22(17)34)26-8-5-25(13-29,6-9-26)7-10-26/h3-4,11-12,14,30H,5-10H2,1-2H3,(H,35,36)/t14-,25?,26?/m1/s1. The summed E-state index contributed by atoms with van der Waals surface area (Å²) in [6.45, 7) is 1.85. The molecule has 0 aliphatic heterocycles. The second-order valence-corrected chi connectivity index (χ2v) is 10.9. The Balaban J connectivity index is 1.62. The van der Waals surface area contributed by atoms with Crippen molar-refractivity contribution in [2.24, 2.45) is 12.5 Å². The normalized spacial score (nSPS) is 23.9. The molecule has 3 aromatic rings. The lowest BCUT2D eigenvalue weighted by molar-refractivity contribution is 0.0691. The number of benzene rings is 1. The van der Waals surface area contributed by atoms with Crippen LogP contribution in [0.3, 0.4) is 0 Å². The van der Waals surface area contributed by atoms with E-state index in [4.69, 9.17) is 28.2 Å². The van der Waals surface area contributed by atoms with Crippen molar-refractivity contribution in [1.82, 2.24) is 14.5 Å². The largest absolute Gasteiger partial charge is 0.476 e. The average molecular weight is 526 g/mol. The number of nitrogens with zero attached hydrogens (tertiary/aromatic N) is 4. The van der Waals surface area contributed by atoms with Crippen molar-refractivity contribution in [3.8, 4) is 6.07 Å². The summed E-state index contributed by atoms with van der Waals surface area (Å²) in [5.41, 5.74) is 0.637. The van der Waals surface area contributed by atoms with E-state index < -0.39 is 12.0 Å². The fourth-order valence-corrected chi connectivity index (χ4v) is 6.26. The van der Waals surface area contributed by atoms with Gasteiger partial charge in [-0.25, -0.2) is 14.8 Å². The van der Waals surface area contributed by atoms with Crippen molar-refractivity contribution in [3.63, 3.8) is 0 Å². The van der Waals surface area contributed by atoms with E-state index >= 15 is 0 Å². The molecule has 0 spiro atoms. The number of carboxylic acids is 1. The lowest BCUT2D eigenvalue weighted by Gasteiger charge is -2.50. The Morgan fingerprint density at radius 1 is 1.17 bits per heavy atom. The van der Waals surface area contributed by atoms with Crippen molar-refractivity contribution in [2.45, 2.75) is 56.9 Å². The molecule has 0 amide bonds. The molecule has 8 nitrogen and oxygen atoms in total. The van der Waals surface area contributed by atoms with Gasteiger partial charge < -0.3 is 10.4 Å². The third-order valence-corrected chi connectivity index (χ3v) is 8.46. The predicted molar refractivity (Wildman–Crippen MR) is 138 cm³/mol. The maximum Gasteiger partial charge on any atom is 0.356 e. The minimum Gasteiger partial charge on any atom is -0.476 e. The minimum absolute atomic E-state index is 0.0771. The lowest BCUT2D eigenvalue weighted by Crippen LogP contribution is -2.46. The van der Waals surface area contributed by atoms with Crippen LogP contribution < -0.4 is 10.9 Å². The van der Waals surface area contributed by atoms with E-state index in [9.17, 15) is 20.0 Å². The molecule has 0 radical (unpaired) electrons. The van der Waals surface area contributed by atoms with Crippen molar-refractivity contribution in [1.29, 1.82) is 5.26 Å². The van der Waals surface area contributed by atoms with Gasteiger partial charge in [0, 0.05) is 23.0 Å². The van der Waals surface area contributed by atoms with Crippen LogP contribution in [-0.4, -0.2) is 25.6 Å². The first kappa shape index (κ1) is 24.5. The van der Waals surface area contributed by atoms with Gasteiger partial charge in [-0.2, -0.15) is 5.26 Å². The zero-order valence-corrected chi connectivity index (χ0v) is 21.4. The number of carbonyl (C=O) groups is 1. The van der Waals surface area contributed by atoms with E-state index in [1.54, 1.807) is 29.8 Å². The highest BCUT2D eigenvalue weighted by atomic mass is 35.5. The Labute approximate surface area is 217 Å². The molecular formula is C26H25Cl2N5O3. The highest BCUT2D eigenvalue weighted by Crippen LogP contribution is 2.57. The molecule has 36 heavy (non-hydrogen) atoms. The van der Waals surface area contributed by atoms with Gasteiger partial charge in [0.2, 0.25) is 0 Å². The Morgan fingerprint density at radius 2 is 1.83 bits per heavy atom. The minimum atomic E-state index is -1.21. The van der Waals surface area contributed by atoms with Gasteiger partial charge in [-0.05, 0) is 69.7 Å². The van der Waals surface area contributed by atoms with E-state index in [0.29, 0.717) is 27.2 Å². The number of hydrogen-bond donors (Lipinski definition) is 2. The number of pyridine rings is 1. The summed E-state index contributed by atoms with van der Waals surface area (Å²) in [5.74, 6) is -0.471. The Hall–Kier alpha value is -3.15. The van der Waals surface area contributed by atoms with E-state index in [-0.39, 0.29) is 27.2 Å². The zero-order chi connectivity index (χ0) is 25.8. The van der Waals surface area contributed by atoms with Crippen LogP contribution in [0.25, 0.3) is 10.9 Å². The molecule has 6 rings (SSSR count). The third-order valence-electron chi connectivity index (χ3n) is 8.03. The van der Waals surface area contributed by atoms with Crippen LogP contribution in [0.2, 0.25) is 10.2 Å². The van der Waals surface area contributed by atoms with Crippen molar-refractivity contribution < 1.29 is 9.90 Å². The molecule has 3 aliphatic rings. The number of rotatable bonds is 5. The SMILES string of the molecule is C[C@@H](Nc1ccc(Cl)nc1C(=O)O)c1cc(Cl)cc2c(=O)n(C)c(C34CCC(C#N)(CC3)CC4)nc12. The Bertz CT molecular complexity index is 1490. The summed E-state index contributed by atoms with van der Waals surface area (Å²) in [6.07, 6.45) is 4.89. The molecule has 2 bridgehead atoms. The van der Waals surface area contributed by atoms with Crippen LogP contribution >= 0.6 is 23.2 Å². The van der Waals surface area contributed by atoms with E-state index in [1.807, 2.05) is 6.92 Å². The quantitative estimate of drug-likeness (QED) is 0.414.